The van der Waals surface area contributed by atoms with Gasteiger partial charge in [-0.05, 0) is 38.2 Å². The Balaban J connectivity index is 2.20. The fraction of sp³-hybridized carbons (Fsp3) is 0.636. The summed E-state index contributed by atoms with van der Waals surface area (Å²) < 4.78 is 9.42. The molecule has 0 spiro atoms. The van der Waals surface area contributed by atoms with Crippen molar-refractivity contribution < 1.29 is 14.6 Å². The van der Waals surface area contributed by atoms with Crippen molar-refractivity contribution in [3.63, 3.8) is 0 Å². The van der Waals surface area contributed by atoms with E-state index >= 15 is 0 Å². The third-order valence-corrected chi connectivity index (χ3v) is 3.94. The van der Waals surface area contributed by atoms with Crippen molar-refractivity contribution in [1.82, 2.24) is 4.37 Å². The summed E-state index contributed by atoms with van der Waals surface area (Å²) in [5.74, 6) is -0.922. The second-order valence-electron chi connectivity index (χ2n) is 4.58. The molecule has 0 radical (unpaired) electrons. The molecule has 1 aliphatic rings. The number of carboxylic acids is 1. The molecule has 0 saturated carbocycles. The highest BCUT2D eigenvalue weighted by Crippen LogP contribution is 2.31. The molecule has 2 rings (SSSR count). The van der Waals surface area contributed by atoms with Crippen LogP contribution in [0.3, 0.4) is 0 Å². The minimum atomic E-state index is -0.922. The molecule has 1 saturated heterocycles. The number of rotatable bonds is 3. The maximum atomic E-state index is 11.2. The highest BCUT2D eigenvalue weighted by atomic mass is 32.1. The number of hydrogen-bond donors (Lipinski definition) is 2. The standard InChI is InChI=1S/C11H16N2O3S/c1-7-8(10(14)15)9(17-13-7)12-11(2)3-5-16-6-4-11/h12H,3-6H2,1-2H3,(H,14,15). The van der Waals surface area contributed by atoms with Crippen molar-refractivity contribution in [1.29, 1.82) is 0 Å². The zero-order valence-electron chi connectivity index (χ0n) is 9.95. The van der Waals surface area contributed by atoms with E-state index in [1.165, 1.54) is 11.5 Å². The number of carbonyl (C=O) groups is 1. The Bertz CT molecular complexity index is 424. The lowest BCUT2D eigenvalue weighted by atomic mass is 9.92. The summed E-state index contributed by atoms with van der Waals surface area (Å²) in [6.07, 6.45) is 1.76. The molecule has 1 aromatic heterocycles. The van der Waals surface area contributed by atoms with Crippen LogP contribution in [0.15, 0.2) is 0 Å². The molecule has 0 aromatic carbocycles. The van der Waals surface area contributed by atoms with Crippen molar-refractivity contribution in [3.8, 4) is 0 Å². The number of carboxylic acid groups (broad SMARTS) is 1. The Labute approximate surface area is 104 Å². The van der Waals surface area contributed by atoms with Crippen LogP contribution in [0.1, 0.15) is 35.8 Å². The molecular formula is C11H16N2O3S. The van der Waals surface area contributed by atoms with Gasteiger partial charge >= 0.3 is 5.97 Å². The quantitative estimate of drug-likeness (QED) is 0.866. The zero-order valence-corrected chi connectivity index (χ0v) is 10.8. The predicted molar refractivity (Wildman–Crippen MR) is 65.9 cm³/mol. The maximum Gasteiger partial charge on any atom is 0.340 e. The van der Waals surface area contributed by atoms with Gasteiger partial charge in [0.25, 0.3) is 0 Å². The Hall–Kier alpha value is -1.14. The summed E-state index contributed by atoms with van der Waals surface area (Å²) in [5.41, 5.74) is 0.768. The summed E-state index contributed by atoms with van der Waals surface area (Å²) in [7, 11) is 0. The molecule has 17 heavy (non-hydrogen) atoms. The largest absolute Gasteiger partial charge is 0.478 e. The summed E-state index contributed by atoms with van der Waals surface area (Å²) in [6.45, 7) is 5.24. The first-order valence-electron chi connectivity index (χ1n) is 5.57. The first-order chi connectivity index (χ1) is 8.02. The van der Waals surface area contributed by atoms with E-state index in [9.17, 15) is 4.79 Å². The number of hydrogen-bond acceptors (Lipinski definition) is 5. The molecule has 0 amide bonds. The second kappa shape index (κ2) is 4.62. The highest BCUT2D eigenvalue weighted by molar-refractivity contribution is 7.10. The average molecular weight is 256 g/mol. The predicted octanol–water partition coefficient (Wildman–Crippen LogP) is 2.13. The van der Waals surface area contributed by atoms with Crippen molar-refractivity contribution in [2.24, 2.45) is 0 Å². The van der Waals surface area contributed by atoms with Crippen molar-refractivity contribution >= 4 is 22.5 Å². The van der Waals surface area contributed by atoms with E-state index in [1.807, 2.05) is 0 Å². The van der Waals surface area contributed by atoms with Crippen LogP contribution in [-0.4, -0.2) is 34.2 Å². The molecule has 0 unspecified atom stereocenters. The fourth-order valence-electron chi connectivity index (χ4n) is 1.93. The highest BCUT2D eigenvalue weighted by Gasteiger charge is 2.30. The van der Waals surface area contributed by atoms with Gasteiger partial charge in [-0.1, -0.05) is 0 Å². The molecule has 1 fully saturated rings. The van der Waals surface area contributed by atoms with E-state index in [-0.39, 0.29) is 5.54 Å². The van der Waals surface area contributed by atoms with Gasteiger partial charge in [0.15, 0.2) is 0 Å². The van der Waals surface area contributed by atoms with Gasteiger partial charge in [0.2, 0.25) is 0 Å². The lowest BCUT2D eigenvalue weighted by Crippen LogP contribution is -2.40. The van der Waals surface area contributed by atoms with Crippen LogP contribution < -0.4 is 5.32 Å². The second-order valence-corrected chi connectivity index (χ2v) is 5.35. The number of aromatic nitrogens is 1. The molecule has 0 aliphatic carbocycles. The van der Waals surface area contributed by atoms with Crippen LogP contribution in [0.5, 0.6) is 0 Å². The zero-order chi connectivity index (χ0) is 12.5. The average Bonchev–Trinajstić information content (AvgIpc) is 2.60. The summed E-state index contributed by atoms with van der Waals surface area (Å²) in [5, 5.41) is 13.1. The summed E-state index contributed by atoms with van der Waals surface area (Å²) in [4.78, 5) is 11.2. The summed E-state index contributed by atoms with van der Waals surface area (Å²) >= 11 is 1.21. The minimum absolute atomic E-state index is 0.0958. The molecule has 0 bridgehead atoms. The van der Waals surface area contributed by atoms with Gasteiger partial charge in [0.1, 0.15) is 10.6 Å². The molecule has 1 aromatic rings. The Morgan fingerprint density at radius 1 is 1.53 bits per heavy atom. The number of anilines is 1. The molecule has 5 nitrogen and oxygen atoms in total. The van der Waals surface area contributed by atoms with Crippen LogP contribution >= 0.6 is 11.5 Å². The number of aromatic carboxylic acids is 1. The molecule has 2 heterocycles. The van der Waals surface area contributed by atoms with E-state index < -0.39 is 5.97 Å². The van der Waals surface area contributed by atoms with Crippen molar-refractivity contribution in [3.05, 3.63) is 11.3 Å². The van der Waals surface area contributed by atoms with Crippen LogP contribution in [0.25, 0.3) is 0 Å². The molecule has 0 atom stereocenters. The topological polar surface area (TPSA) is 71.5 Å². The molecule has 2 N–H and O–H groups in total. The fourth-order valence-corrected chi connectivity index (χ4v) is 2.87. The normalized spacial score (nSPS) is 18.9. The molecule has 94 valence electrons. The Morgan fingerprint density at radius 2 is 2.18 bits per heavy atom. The minimum Gasteiger partial charge on any atom is -0.478 e. The third kappa shape index (κ3) is 2.58. The maximum absolute atomic E-state index is 11.2. The third-order valence-electron chi connectivity index (χ3n) is 3.09. The van der Waals surface area contributed by atoms with E-state index in [2.05, 4.69) is 16.6 Å². The number of aryl methyl sites for hydroxylation is 1. The van der Waals surface area contributed by atoms with Gasteiger partial charge in [0.05, 0.1) is 5.69 Å². The first-order valence-corrected chi connectivity index (χ1v) is 6.35. The van der Waals surface area contributed by atoms with Gasteiger partial charge < -0.3 is 15.2 Å². The lowest BCUT2D eigenvalue weighted by Gasteiger charge is -2.34. The van der Waals surface area contributed by atoms with Gasteiger partial charge in [-0.15, -0.1) is 0 Å². The van der Waals surface area contributed by atoms with E-state index in [1.54, 1.807) is 6.92 Å². The van der Waals surface area contributed by atoms with Gasteiger partial charge in [-0.3, -0.25) is 0 Å². The number of nitrogens with zero attached hydrogens (tertiary/aromatic N) is 1. The first kappa shape index (κ1) is 12.3. The summed E-state index contributed by atoms with van der Waals surface area (Å²) in [6, 6.07) is 0. The van der Waals surface area contributed by atoms with E-state index in [4.69, 9.17) is 9.84 Å². The van der Waals surface area contributed by atoms with Gasteiger partial charge in [-0.2, -0.15) is 4.37 Å². The van der Waals surface area contributed by atoms with Crippen LogP contribution in [0.4, 0.5) is 5.00 Å². The monoisotopic (exact) mass is 256 g/mol. The Morgan fingerprint density at radius 3 is 2.76 bits per heavy atom. The van der Waals surface area contributed by atoms with E-state index in [0.717, 1.165) is 12.8 Å². The Kier molecular flexibility index (Phi) is 3.35. The van der Waals surface area contributed by atoms with Crippen molar-refractivity contribution in [2.45, 2.75) is 32.2 Å². The molecular weight excluding hydrogens is 240 g/mol. The molecule has 1 aliphatic heterocycles. The van der Waals surface area contributed by atoms with Gasteiger partial charge in [0, 0.05) is 18.8 Å². The van der Waals surface area contributed by atoms with Gasteiger partial charge in [-0.25, -0.2) is 4.79 Å². The SMILES string of the molecule is Cc1nsc(NC2(C)CCOCC2)c1C(=O)O. The lowest BCUT2D eigenvalue weighted by molar-refractivity contribution is 0.0657. The molecule has 6 heteroatoms. The van der Waals surface area contributed by atoms with Crippen molar-refractivity contribution in [2.75, 3.05) is 18.5 Å². The van der Waals surface area contributed by atoms with Crippen LogP contribution in [0, 0.1) is 6.92 Å². The smallest absolute Gasteiger partial charge is 0.340 e. The number of ether oxygens (including phenoxy) is 1. The van der Waals surface area contributed by atoms with E-state index in [0.29, 0.717) is 29.5 Å². The van der Waals surface area contributed by atoms with Crippen LogP contribution in [0.2, 0.25) is 0 Å². The number of nitrogens with one attached hydrogen (secondary N) is 1. The van der Waals surface area contributed by atoms with Crippen LogP contribution in [-0.2, 0) is 4.74 Å².